The zero-order chi connectivity index (χ0) is 14.1. The van der Waals surface area contributed by atoms with Crippen LogP contribution in [0.25, 0.3) is 22.8 Å². The fraction of sp³-hybridized carbons (Fsp3) is 0. The normalized spacial score (nSPS) is 10.7. The van der Waals surface area contributed by atoms with E-state index in [0.717, 1.165) is 5.56 Å². The van der Waals surface area contributed by atoms with Crippen molar-refractivity contribution in [3.05, 3.63) is 48.3 Å². The number of nitrogens with one attached hydrogen (secondary N) is 1. The number of phenolic OH excluding ortho intramolecular Hbond substituents is 1. The second kappa shape index (κ2) is 4.65. The molecule has 0 amide bonds. The highest BCUT2D eigenvalue weighted by Crippen LogP contribution is 2.26. The molecule has 0 saturated heterocycles. The first-order valence-corrected chi connectivity index (χ1v) is 5.91. The van der Waals surface area contributed by atoms with Crippen molar-refractivity contribution in [3.8, 4) is 28.5 Å². The molecule has 0 aliphatic heterocycles. The number of hydrogen-bond donors (Lipinski definition) is 3. The smallest absolute Gasteiger partial charge is 0.181 e. The summed E-state index contributed by atoms with van der Waals surface area (Å²) < 4.78 is 12.9. The van der Waals surface area contributed by atoms with Gasteiger partial charge in [-0.05, 0) is 42.5 Å². The summed E-state index contributed by atoms with van der Waals surface area (Å²) in [6, 6.07) is 10.7. The van der Waals surface area contributed by atoms with Gasteiger partial charge in [0.15, 0.2) is 11.6 Å². The van der Waals surface area contributed by atoms with Crippen molar-refractivity contribution in [2.75, 3.05) is 5.73 Å². The Hall–Kier alpha value is -2.89. The van der Waals surface area contributed by atoms with Gasteiger partial charge in [0.05, 0.1) is 5.69 Å². The van der Waals surface area contributed by atoms with Crippen molar-refractivity contribution >= 4 is 5.69 Å². The molecule has 2 aromatic carbocycles. The molecule has 20 heavy (non-hydrogen) atoms. The number of nitrogens with two attached hydrogens (primary N) is 1. The molecule has 0 aliphatic rings. The zero-order valence-electron chi connectivity index (χ0n) is 10.3. The van der Waals surface area contributed by atoms with Crippen molar-refractivity contribution in [3.63, 3.8) is 0 Å². The SMILES string of the molecule is Nc1cc(-c2n[nH]c(-c3ccc(F)cc3)n2)ccc1O. The van der Waals surface area contributed by atoms with Gasteiger partial charge in [-0.2, -0.15) is 5.10 Å². The van der Waals surface area contributed by atoms with Gasteiger partial charge in [0.25, 0.3) is 0 Å². The van der Waals surface area contributed by atoms with Crippen LogP contribution in [0.4, 0.5) is 10.1 Å². The molecule has 1 heterocycles. The van der Waals surface area contributed by atoms with Crippen LogP contribution in [0.3, 0.4) is 0 Å². The molecule has 0 unspecified atom stereocenters. The number of aromatic hydroxyl groups is 1. The zero-order valence-corrected chi connectivity index (χ0v) is 10.3. The van der Waals surface area contributed by atoms with Crippen molar-refractivity contribution in [2.45, 2.75) is 0 Å². The lowest BCUT2D eigenvalue weighted by Gasteiger charge is -2.00. The van der Waals surface area contributed by atoms with Crippen LogP contribution >= 0.6 is 0 Å². The predicted molar refractivity (Wildman–Crippen MR) is 73.3 cm³/mol. The highest BCUT2D eigenvalue weighted by molar-refractivity contribution is 5.67. The van der Waals surface area contributed by atoms with E-state index < -0.39 is 0 Å². The lowest BCUT2D eigenvalue weighted by atomic mass is 10.2. The minimum absolute atomic E-state index is 0.0167. The first-order chi connectivity index (χ1) is 9.63. The average molecular weight is 270 g/mol. The van der Waals surface area contributed by atoms with Gasteiger partial charge in [0, 0.05) is 11.1 Å². The number of hydrogen-bond acceptors (Lipinski definition) is 4. The van der Waals surface area contributed by atoms with Crippen LogP contribution in [0.15, 0.2) is 42.5 Å². The third-order valence-corrected chi connectivity index (χ3v) is 2.89. The third kappa shape index (κ3) is 2.18. The Kier molecular flexibility index (Phi) is 2.83. The van der Waals surface area contributed by atoms with Crippen molar-refractivity contribution < 1.29 is 9.50 Å². The fourth-order valence-corrected chi connectivity index (χ4v) is 1.82. The minimum Gasteiger partial charge on any atom is -0.506 e. The number of benzene rings is 2. The van der Waals surface area contributed by atoms with Crippen LogP contribution in [0.1, 0.15) is 0 Å². The summed E-state index contributed by atoms with van der Waals surface area (Å²) in [5, 5.41) is 16.3. The molecule has 5 nitrogen and oxygen atoms in total. The second-order valence-electron chi connectivity index (χ2n) is 4.29. The van der Waals surface area contributed by atoms with E-state index in [1.807, 2.05) is 0 Å². The van der Waals surface area contributed by atoms with E-state index in [-0.39, 0.29) is 17.3 Å². The van der Waals surface area contributed by atoms with E-state index in [1.54, 1.807) is 24.3 Å². The summed E-state index contributed by atoms with van der Waals surface area (Å²) in [6.07, 6.45) is 0. The number of H-pyrrole nitrogens is 1. The molecule has 0 bridgehead atoms. The number of nitrogens with zero attached hydrogens (tertiary/aromatic N) is 2. The molecular weight excluding hydrogens is 259 g/mol. The number of phenols is 1. The summed E-state index contributed by atoms with van der Waals surface area (Å²) in [5.41, 5.74) is 7.31. The fourth-order valence-electron chi connectivity index (χ4n) is 1.82. The Balaban J connectivity index is 1.97. The van der Waals surface area contributed by atoms with E-state index in [2.05, 4.69) is 15.2 Å². The lowest BCUT2D eigenvalue weighted by Crippen LogP contribution is -1.88. The molecule has 0 saturated carbocycles. The number of rotatable bonds is 2. The number of aromatic nitrogens is 3. The highest BCUT2D eigenvalue weighted by Gasteiger charge is 2.09. The summed E-state index contributed by atoms with van der Waals surface area (Å²) in [5.74, 6) is 0.700. The monoisotopic (exact) mass is 270 g/mol. The number of nitrogen functional groups attached to an aromatic ring is 1. The molecule has 0 spiro atoms. The molecule has 0 atom stereocenters. The van der Waals surface area contributed by atoms with Crippen LogP contribution in [-0.4, -0.2) is 20.3 Å². The van der Waals surface area contributed by atoms with Gasteiger partial charge in [0.2, 0.25) is 0 Å². The van der Waals surface area contributed by atoms with Gasteiger partial charge in [0.1, 0.15) is 11.6 Å². The van der Waals surface area contributed by atoms with Crippen LogP contribution < -0.4 is 5.73 Å². The molecule has 0 fully saturated rings. The Morgan fingerprint density at radius 2 is 1.75 bits per heavy atom. The maximum Gasteiger partial charge on any atom is 0.181 e. The van der Waals surface area contributed by atoms with E-state index >= 15 is 0 Å². The summed E-state index contributed by atoms with van der Waals surface area (Å²) in [4.78, 5) is 4.32. The topological polar surface area (TPSA) is 87.8 Å². The standard InChI is InChI=1S/C14H11FN4O/c15-10-4-1-8(2-5-10)13-17-14(19-18-13)9-3-6-12(20)11(16)7-9/h1-7,20H,16H2,(H,17,18,19). The van der Waals surface area contributed by atoms with Gasteiger partial charge in [-0.15, -0.1) is 0 Å². The van der Waals surface area contributed by atoms with Gasteiger partial charge in [-0.1, -0.05) is 0 Å². The van der Waals surface area contributed by atoms with E-state index in [0.29, 0.717) is 17.2 Å². The Labute approximate surface area is 113 Å². The summed E-state index contributed by atoms with van der Waals surface area (Å²) in [6.45, 7) is 0. The van der Waals surface area contributed by atoms with Crippen LogP contribution in [0.2, 0.25) is 0 Å². The molecule has 4 N–H and O–H groups in total. The van der Waals surface area contributed by atoms with Gasteiger partial charge >= 0.3 is 0 Å². The average Bonchev–Trinajstić information content (AvgIpc) is 2.92. The third-order valence-electron chi connectivity index (χ3n) is 2.89. The first-order valence-electron chi connectivity index (χ1n) is 5.91. The quantitative estimate of drug-likeness (QED) is 0.493. The number of halogens is 1. The summed E-state index contributed by atoms with van der Waals surface area (Å²) >= 11 is 0. The maximum absolute atomic E-state index is 12.9. The van der Waals surface area contributed by atoms with Crippen LogP contribution in [0.5, 0.6) is 5.75 Å². The molecular formula is C14H11FN4O. The van der Waals surface area contributed by atoms with Gasteiger partial charge in [-0.3, -0.25) is 5.10 Å². The van der Waals surface area contributed by atoms with E-state index in [4.69, 9.17) is 5.73 Å². The van der Waals surface area contributed by atoms with Crippen molar-refractivity contribution in [1.82, 2.24) is 15.2 Å². The Morgan fingerprint density at radius 1 is 1.05 bits per heavy atom. The number of anilines is 1. The maximum atomic E-state index is 12.9. The first kappa shape index (κ1) is 12.2. The second-order valence-corrected chi connectivity index (χ2v) is 4.29. The molecule has 0 aliphatic carbocycles. The molecule has 0 radical (unpaired) electrons. The lowest BCUT2D eigenvalue weighted by molar-refractivity contribution is 0.478. The van der Waals surface area contributed by atoms with Crippen molar-refractivity contribution in [1.29, 1.82) is 0 Å². The molecule has 100 valence electrons. The van der Waals surface area contributed by atoms with E-state index in [1.165, 1.54) is 18.2 Å². The molecule has 6 heteroatoms. The predicted octanol–water partition coefficient (Wildman–Crippen LogP) is 2.57. The van der Waals surface area contributed by atoms with Gasteiger partial charge in [-0.25, -0.2) is 9.37 Å². The Morgan fingerprint density at radius 3 is 2.45 bits per heavy atom. The van der Waals surface area contributed by atoms with E-state index in [9.17, 15) is 9.50 Å². The molecule has 3 aromatic rings. The van der Waals surface area contributed by atoms with Gasteiger partial charge < -0.3 is 10.8 Å². The van der Waals surface area contributed by atoms with Crippen LogP contribution in [-0.2, 0) is 0 Å². The summed E-state index contributed by atoms with van der Waals surface area (Å²) in [7, 11) is 0. The number of aromatic amines is 1. The van der Waals surface area contributed by atoms with Crippen LogP contribution in [0, 0.1) is 5.82 Å². The molecule has 3 rings (SSSR count). The van der Waals surface area contributed by atoms with Crippen molar-refractivity contribution in [2.24, 2.45) is 0 Å². The molecule has 1 aromatic heterocycles. The minimum atomic E-state index is -0.306. The largest absolute Gasteiger partial charge is 0.506 e. The highest BCUT2D eigenvalue weighted by atomic mass is 19.1. The Bertz CT molecular complexity index is 752.